The number of sulfonamides is 1. The number of anilines is 1. The second-order valence-electron chi connectivity index (χ2n) is 9.90. The van der Waals surface area contributed by atoms with Gasteiger partial charge in [0.1, 0.15) is 18.3 Å². The van der Waals surface area contributed by atoms with Gasteiger partial charge in [-0.1, -0.05) is 83.9 Å². The Labute approximate surface area is 268 Å². The fourth-order valence-electron chi connectivity index (χ4n) is 4.74. The number of carbonyl (C=O) groups excluding carboxylic acids is 2. The first-order valence-corrected chi connectivity index (χ1v) is 16.1. The Morgan fingerprint density at radius 3 is 2.14 bits per heavy atom. The minimum absolute atomic E-state index is 0.00862. The molecule has 0 fully saturated rings. The average Bonchev–Trinajstić information content (AvgIpc) is 3.02. The molecule has 8 nitrogen and oxygen atoms in total. The summed E-state index contributed by atoms with van der Waals surface area (Å²) in [5.41, 5.74) is 1.68. The van der Waals surface area contributed by atoms with Crippen molar-refractivity contribution in [1.82, 2.24) is 10.2 Å². The number of ether oxygens (including phenoxy) is 1. The molecule has 0 aliphatic heterocycles. The Bertz CT molecular complexity index is 1690. The van der Waals surface area contributed by atoms with Crippen LogP contribution in [-0.2, 0) is 32.6 Å². The van der Waals surface area contributed by atoms with Crippen LogP contribution in [0.5, 0.6) is 5.75 Å². The monoisotopic (exact) mass is 653 g/mol. The third-order valence-electron chi connectivity index (χ3n) is 6.90. The molecule has 230 valence electrons. The molecule has 0 aliphatic carbocycles. The summed E-state index contributed by atoms with van der Waals surface area (Å²) >= 11 is 12.7. The Morgan fingerprint density at radius 2 is 1.52 bits per heavy atom. The summed E-state index contributed by atoms with van der Waals surface area (Å²) in [5, 5.41) is 3.48. The number of benzene rings is 4. The van der Waals surface area contributed by atoms with Crippen LogP contribution in [-0.4, -0.2) is 51.4 Å². The number of nitrogens with one attached hydrogen (secondary N) is 1. The minimum atomic E-state index is -4.25. The molecule has 0 saturated heterocycles. The molecule has 1 N–H and O–H groups in total. The molecule has 0 saturated carbocycles. The van der Waals surface area contributed by atoms with Gasteiger partial charge < -0.3 is 15.0 Å². The van der Waals surface area contributed by atoms with Gasteiger partial charge in [0.05, 0.1) is 22.7 Å². The number of nitrogens with zero attached hydrogens (tertiary/aromatic N) is 2. The summed E-state index contributed by atoms with van der Waals surface area (Å²) in [6.07, 6.45) is 0.207. The highest BCUT2D eigenvalue weighted by atomic mass is 35.5. The molecule has 2 amide bonds. The van der Waals surface area contributed by atoms with Gasteiger partial charge in [0.25, 0.3) is 10.0 Å². The number of rotatable bonds is 13. The standard InChI is InChI=1S/C33H33Cl2N3O5S/c1-3-36-33(40)30(20-24-11-6-4-7-12-24)37(22-25-13-10-14-26(34)19-25)32(39)23-38(27-17-18-31(43-2)29(35)21-27)44(41,42)28-15-8-5-9-16-28/h4-19,21,30H,3,20,22-23H2,1-2H3,(H,36,40)/t30-/m1/s1. The zero-order valence-electron chi connectivity index (χ0n) is 24.3. The van der Waals surface area contributed by atoms with Crippen molar-refractivity contribution in [3.63, 3.8) is 0 Å². The molecule has 0 unspecified atom stereocenters. The average molecular weight is 655 g/mol. The molecule has 4 aromatic rings. The number of methoxy groups -OCH3 is 1. The third-order valence-corrected chi connectivity index (χ3v) is 9.22. The second-order valence-corrected chi connectivity index (χ2v) is 12.6. The molecule has 0 heterocycles. The van der Waals surface area contributed by atoms with Gasteiger partial charge in [-0.2, -0.15) is 0 Å². The van der Waals surface area contributed by atoms with Gasteiger partial charge in [-0.25, -0.2) is 8.42 Å². The van der Waals surface area contributed by atoms with Crippen LogP contribution in [0, 0.1) is 0 Å². The normalized spacial score (nSPS) is 11.8. The lowest BCUT2D eigenvalue weighted by atomic mass is 10.0. The number of carbonyl (C=O) groups is 2. The number of likely N-dealkylation sites (N-methyl/N-ethyl adjacent to an activating group) is 1. The van der Waals surface area contributed by atoms with E-state index in [1.165, 1.54) is 42.3 Å². The van der Waals surface area contributed by atoms with Crippen molar-refractivity contribution in [2.24, 2.45) is 0 Å². The molecule has 0 aliphatic rings. The van der Waals surface area contributed by atoms with E-state index >= 15 is 0 Å². The predicted molar refractivity (Wildman–Crippen MR) is 174 cm³/mol. The maximum absolute atomic E-state index is 14.4. The van der Waals surface area contributed by atoms with E-state index in [2.05, 4.69) is 5.32 Å². The van der Waals surface area contributed by atoms with E-state index in [0.29, 0.717) is 22.9 Å². The van der Waals surface area contributed by atoms with Crippen molar-refractivity contribution >= 4 is 50.7 Å². The summed E-state index contributed by atoms with van der Waals surface area (Å²) in [4.78, 5) is 29.3. The Hall–Kier alpha value is -4.05. The second kappa shape index (κ2) is 15.1. The van der Waals surface area contributed by atoms with Crippen LogP contribution >= 0.6 is 23.2 Å². The van der Waals surface area contributed by atoms with Gasteiger partial charge in [0.2, 0.25) is 11.8 Å². The number of hydrogen-bond acceptors (Lipinski definition) is 5. The van der Waals surface area contributed by atoms with Crippen molar-refractivity contribution in [3.05, 3.63) is 124 Å². The number of amides is 2. The van der Waals surface area contributed by atoms with Crippen molar-refractivity contribution in [2.45, 2.75) is 30.8 Å². The molecular formula is C33H33Cl2N3O5S. The molecule has 0 radical (unpaired) electrons. The smallest absolute Gasteiger partial charge is 0.264 e. The molecule has 44 heavy (non-hydrogen) atoms. The fraction of sp³-hybridized carbons (Fsp3) is 0.212. The largest absolute Gasteiger partial charge is 0.495 e. The summed E-state index contributed by atoms with van der Waals surface area (Å²) < 4.78 is 34.3. The molecule has 4 rings (SSSR count). The van der Waals surface area contributed by atoms with Crippen LogP contribution in [0.4, 0.5) is 5.69 Å². The van der Waals surface area contributed by atoms with Crippen LogP contribution < -0.4 is 14.4 Å². The molecule has 0 bridgehead atoms. The Balaban J connectivity index is 1.81. The van der Waals surface area contributed by atoms with Crippen molar-refractivity contribution in [1.29, 1.82) is 0 Å². The van der Waals surface area contributed by atoms with E-state index < -0.39 is 28.5 Å². The Morgan fingerprint density at radius 1 is 0.864 bits per heavy atom. The van der Waals surface area contributed by atoms with E-state index in [-0.39, 0.29) is 34.5 Å². The zero-order chi connectivity index (χ0) is 31.7. The molecule has 0 spiro atoms. The first kappa shape index (κ1) is 32.9. The van der Waals surface area contributed by atoms with Crippen molar-refractivity contribution in [3.8, 4) is 5.75 Å². The third kappa shape index (κ3) is 8.11. The maximum Gasteiger partial charge on any atom is 0.264 e. The minimum Gasteiger partial charge on any atom is -0.495 e. The summed E-state index contributed by atoms with van der Waals surface area (Å²) in [7, 11) is -2.80. The predicted octanol–water partition coefficient (Wildman–Crippen LogP) is 5.97. The van der Waals surface area contributed by atoms with Gasteiger partial charge >= 0.3 is 0 Å². The van der Waals surface area contributed by atoms with Crippen LogP contribution in [0.15, 0.2) is 108 Å². The van der Waals surface area contributed by atoms with E-state index in [4.69, 9.17) is 27.9 Å². The van der Waals surface area contributed by atoms with Crippen LogP contribution in [0.1, 0.15) is 18.1 Å². The van der Waals surface area contributed by atoms with Crippen molar-refractivity contribution in [2.75, 3.05) is 24.5 Å². The van der Waals surface area contributed by atoms with E-state index in [1.807, 2.05) is 30.3 Å². The van der Waals surface area contributed by atoms with Crippen LogP contribution in [0.2, 0.25) is 10.0 Å². The molecule has 4 aromatic carbocycles. The SMILES string of the molecule is CCNC(=O)[C@@H](Cc1ccccc1)N(Cc1cccc(Cl)c1)C(=O)CN(c1ccc(OC)c(Cl)c1)S(=O)(=O)c1ccccc1. The molecule has 0 aromatic heterocycles. The highest BCUT2D eigenvalue weighted by molar-refractivity contribution is 7.92. The topological polar surface area (TPSA) is 96.0 Å². The lowest BCUT2D eigenvalue weighted by molar-refractivity contribution is -0.140. The van der Waals surface area contributed by atoms with Crippen molar-refractivity contribution < 1.29 is 22.7 Å². The highest BCUT2D eigenvalue weighted by Crippen LogP contribution is 2.32. The highest BCUT2D eigenvalue weighted by Gasteiger charge is 2.34. The van der Waals surface area contributed by atoms with E-state index in [0.717, 1.165) is 9.87 Å². The lowest BCUT2D eigenvalue weighted by Gasteiger charge is -2.34. The van der Waals surface area contributed by atoms with E-state index in [1.54, 1.807) is 49.4 Å². The van der Waals surface area contributed by atoms with E-state index in [9.17, 15) is 18.0 Å². The molecule has 11 heteroatoms. The lowest BCUT2D eigenvalue weighted by Crippen LogP contribution is -2.53. The molecular weight excluding hydrogens is 621 g/mol. The number of halogens is 2. The summed E-state index contributed by atoms with van der Waals surface area (Å²) in [6.45, 7) is 1.55. The Kier molecular flexibility index (Phi) is 11.3. The van der Waals surface area contributed by atoms with Crippen LogP contribution in [0.25, 0.3) is 0 Å². The van der Waals surface area contributed by atoms with Gasteiger partial charge in [-0.05, 0) is 60.5 Å². The maximum atomic E-state index is 14.4. The summed E-state index contributed by atoms with van der Waals surface area (Å²) in [6, 6.07) is 27.6. The van der Waals surface area contributed by atoms with Gasteiger partial charge in [-0.3, -0.25) is 13.9 Å². The fourth-order valence-corrected chi connectivity index (χ4v) is 6.63. The van der Waals surface area contributed by atoms with Crippen LogP contribution in [0.3, 0.4) is 0 Å². The molecule has 1 atom stereocenters. The summed E-state index contributed by atoms with van der Waals surface area (Å²) in [5.74, 6) is -0.610. The first-order chi connectivity index (χ1) is 21.1. The van der Waals surface area contributed by atoms with Gasteiger partial charge in [-0.15, -0.1) is 0 Å². The van der Waals surface area contributed by atoms with Gasteiger partial charge in [0.15, 0.2) is 0 Å². The first-order valence-electron chi connectivity index (χ1n) is 13.9. The van der Waals surface area contributed by atoms with Gasteiger partial charge in [0, 0.05) is 24.5 Å². The quantitative estimate of drug-likeness (QED) is 0.192. The zero-order valence-corrected chi connectivity index (χ0v) is 26.6. The number of hydrogen-bond donors (Lipinski definition) is 1.